The van der Waals surface area contributed by atoms with E-state index in [1.165, 1.54) is 0 Å². The molecule has 1 heteroatoms. The van der Waals surface area contributed by atoms with Gasteiger partial charge < -0.3 is 5.73 Å². The van der Waals surface area contributed by atoms with Gasteiger partial charge in [-0.1, -0.05) is 18.7 Å². The van der Waals surface area contributed by atoms with Gasteiger partial charge in [0, 0.05) is 0 Å². The molecule has 0 aromatic heterocycles. The van der Waals surface area contributed by atoms with Crippen LogP contribution in [0.1, 0.15) is 0 Å². The van der Waals surface area contributed by atoms with Gasteiger partial charge in [0.1, 0.15) is 0 Å². The first-order valence-corrected chi connectivity index (χ1v) is 1.98. The molecule has 0 atom stereocenters. The van der Waals surface area contributed by atoms with Crippen LogP contribution in [0, 0.1) is 0 Å². The summed E-state index contributed by atoms with van der Waals surface area (Å²) in [6, 6.07) is 0. The molecule has 0 aliphatic rings. The SMILES string of the molecule is C=C/C=C\C[NH3+]. The zero-order valence-electron chi connectivity index (χ0n) is 3.85. The minimum absolute atomic E-state index is 0.853. The summed E-state index contributed by atoms with van der Waals surface area (Å²) in [5, 5.41) is 0. The molecule has 0 rings (SSSR count). The molecule has 0 fully saturated rings. The second-order valence-electron chi connectivity index (χ2n) is 0.953. The van der Waals surface area contributed by atoms with Gasteiger partial charge in [-0.25, -0.2) is 0 Å². The van der Waals surface area contributed by atoms with Crippen molar-refractivity contribution in [1.82, 2.24) is 0 Å². The molecular formula is C5H10N+. The first-order chi connectivity index (χ1) is 2.91. The lowest BCUT2D eigenvalue weighted by Crippen LogP contribution is -2.49. The summed E-state index contributed by atoms with van der Waals surface area (Å²) in [7, 11) is 0. The smallest absolute Gasteiger partial charge is 0.0929 e. The zero-order chi connectivity index (χ0) is 4.83. The minimum atomic E-state index is 0.853. The minimum Gasteiger partial charge on any atom is -0.354 e. The molecule has 0 aromatic rings. The van der Waals surface area contributed by atoms with Gasteiger partial charge in [-0.15, -0.1) is 0 Å². The van der Waals surface area contributed by atoms with Gasteiger partial charge in [0.05, 0.1) is 6.54 Å². The molecule has 3 N–H and O–H groups in total. The predicted octanol–water partition coefficient (Wildman–Crippen LogP) is -0.0295. The van der Waals surface area contributed by atoms with E-state index >= 15 is 0 Å². The molecule has 0 saturated heterocycles. The van der Waals surface area contributed by atoms with Crippen LogP contribution in [0.4, 0.5) is 0 Å². The van der Waals surface area contributed by atoms with Gasteiger partial charge in [0.15, 0.2) is 0 Å². The molecule has 34 valence electrons. The fraction of sp³-hybridized carbons (Fsp3) is 0.200. The van der Waals surface area contributed by atoms with E-state index in [1.807, 2.05) is 12.2 Å². The number of quaternary nitrogens is 1. The maximum absolute atomic E-state index is 3.59. The number of hydrogen-bond acceptors (Lipinski definition) is 0. The molecule has 0 aromatic carbocycles. The molecule has 0 spiro atoms. The van der Waals surface area contributed by atoms with E-state index in [4.69, 9.17) is 0 Å². The second-order valence-corrected chi connectivity index (χ2v) is 0.953. The quantitative estimate of drug-likeness (QED) is 0.455. The average molecular weight is 84.1 g/mol. The van der Waals surface area contributed by atoms with E-state index in [0.717, 1.165) is 6.54 Å². The summed E-state index contributed by atoms with van der Waals surface area (Å²) in [5.74, 6) is 0. The molecule has 6 heavy (non-hydrogen) atoms. The predicted molar refractivity (Wildman–Crippen MR) is 27.1 cm³/mol. The zero-order valence-corrected chi connectivity index (χ0v) is 3.85. The Kier molecular flexibility index (Phi) is 4.03. The fourth-order valence-corrected chi connectivity index (χ4v) is 0.192. The maximum atomic E-state index is 3.59. The van der Waals surface area contributed by atoms with Gasteiger partial charge in [-0.3, -0.25) is 0 Å². The van der Waals surface area contributed by atoms with Crippen molar-refractivity contribution in [3.05, 3.63) is 24.8 Å². The first kappa shape index (κ1) is 5.44. The summed E-state index contributed by atoms with van der Waals surface area (Å²) < 4.78 is 0. The van der Waals surface area contributed by atoms with Crippen LogP contribution in [0.5, 0.6) is 0 Å². The standard InChI is InChI=1S/C5H9N/c1-2-3-4-5-6/h2-4H,1,5-6H2/p+1/b4-3-. The number of allylic oxidation sites excluding steroid dienone is 2. The average Bonchev–Trinajstić information content (AvgIpc) is 1.61. The van der Waals surface area contributed by atoms with Crippen LogP contribution in [0.15, 0.2) is 24.8 Å². The van der Waals surface area contributed by atoms with Crippen molar-refractivity contribution in [2.75, 3.05) is 6.54 Å². The summed E-state index contributed by atoms with van der Waals surface area (Å²) in [4.78, 5) is 0. The van der Waals surface area contributed by atoms with Crippen LogP contribution in [-0.2, 0) is 0 Å². The van der Waals surface area contributed by atoms with Gasteiger partial charge in [0.2, 0.25) is 0 Å². The van der Waals surface area contributed by atoms with Crippen LogP contribution in [0.3, 0.4) is 0 Å². The first-order valence-electron chi connectivity index (χ1n) is 1.98. The van der Waals surface area contributed by atoms with Crippen LogP contribution in [0.25, 0.3) is 0 Å². The Morgan fingerprint density at radius 3 is 2.50 bits per heavy atom. The van der Waals surface area contributed by atoms with Gasteiger partial charge >= 0.3 is 0 Å². The summed E-state index contributed by atoms with van der Waals surface area (Å²) >= 11 is 0. The van der Waals surface area contributed by atoms with Crippen molar-refractivity contribution in [1.29, 1.82) is 0 Å². The van der Waals surface area contributed by atoms with Crippen molar-refractivity contribution >= 4 is 0 Å². The maximum Gasteiger partial charge on any atom is 0.0929 e. The molecule has 0 radical (unpaired) electrons. The van der Waals surface area contributed by atoms with E-state index in [2.05, 4.69) is 12.3 Å². The Bertz CT molecular complexity index is 55.0. The van der Waals surface area contributed by atoms with Gasteiger partial charge in [-0.2, -0.15) is 0 Å². The van der Waals surface area contributed by atoms with Crippen molar-refractivity contribution in [3.63, 3.8) is 0 Å². The van der Waals surface area contributed by atoms with Crippen LogP contribution < -0.4 is 5.73 Å². The summed E-state index contributed by atoms with van der Waals surface area (Å²) in [5.41, 5.74) is 3.59. The van der Waals surface area contributed by atoms with Crippen molar-refractivity contribution in [3.8, 4) is 0 Å². The van der Waals surface area contributed by atoms with Crippen molar-refractivity contribution in [2.24, 2.45) is 0 Å². The van der Waals surface area contributed by atoms with Crippen LogP contribution >= 0.6 is 0 Å². The monoisotopic (exact) mass is 84.1 g/mol. The van der Waals surface area contributed by atoms with Gasteiger partial charge in [-0.05, 0) is 6.08 Å². The molecular weight excluding hydrogens is 74.1 g/mol. The summed E-state index contributed by atoms with van der Waals surface area (Å²) in [6.45, 7) is 4.34. The normalized spacial score (nSPS) is 9.50. The highest BCUT2D eigenvalue weighted by Crippen LogP contribution is 1.63. The lowest BCUT2D eigenvalue weighted by Gasteiger charge is -1.66. The van der Waals surface area contributed by atoms with E-state index in [1.54, 1.807) is 6.08 Å². The second kappa shape index (κ2) is 4.44. The van der Waals surface area contributed by atoms with E-state index < -0.39 is 0 Å². The lowest BCUT2D eigenvalue weighted by molar-refractivity contribution is -0.352. The Hall–Kier alpha value is -0.560. The molecule has 0 aliphatic heterocycles. The molecule has 0 heterocycles. The highest BCUT2D eigenvalue weighted by molar-refractivity contribution is 4.96. The highest BCUT2D eigenvalue weighted by atomic mass is 14.5. The topological polar surface area (TPSA) is 27.6 Å². The number of rotatable bonds is 2. The van der Waals surface area contributed by atoms with E-state index in [0.29, 0.717) is 0 Å². The molecule has 0 bridgehead atoms. The van der Waals surface area contributed by atoms with Crippen molar-refractivity contribution < 1.29 is 5.73 Å². The van der Waals surface area contributed by atoms with E-state index in [-0.39, 0.29) is 0 Å². The van der Waals surface area contributed by atoms with Crippen LogP contribution in [-0.4, -0.2) is 6.54 Å². The third-order valence-corrected chi connectivity index (χ3v) is 0.439. The third kappa shape index (κ3) is 3.44. The van der Waals surface area contributed by atoms with Crippen LogP contribution in [0.2, 0.25) is 0 Å². The van der Waals surface area contributed by atoms with Gasteiger partial charge in [0.25, 0.3) is 0 Å². The molecule has 1 nitrogen and oxygen atoms in total. The molecule has 0 amide bonds. The van der Waals surface area contributed by atoms with Crippen molar-refractivity contribution in [2.45, 2.75) is 0 Å². The molecule has 0 unspecified atom stereocenters. The highest BCUT2D eigenvalue weighted by Gasteiger charge is 1.58. The molecule has 0 aliphatic carbocycles. The van der Waals surface area contributed by atoms with E-state index in [9.17, 15) is 0 Å². The largest absolute Gasteiger partial charge is 0.354 e. The molecule has 0 saturated carbocycles. The Labute approximate surface area is 38.2 Å². The number of hydrogen-bond donors (Lipinski definition) is 1. The Morgan fingerprint density at radius 1 is 1.67 bits per heavy atom. The summed E-state index contributed by atoms with van der Waals surface area (Å²) in [6.07, 6.45) is 5.57. The third-order valence-electron chi connectivity index (χ3n) is 0.439. The Morgan fingerprint density at radius 2 is 2.33 bits per heavy atom. The Balaban J connectivity index is 2.94. The lowest BCUT2D eigenvalue weighted by atomic mass is 10.5. The fourth-order valence-electron chi connectivity index (χ4n) is 0.192.